The molecule has 2 fully saturated rings. The predicted molar refractivity (Wildman–Crippen MR) is 277 cm³/mol. The molecule has 9 rings (SSSR count). The standard InChI is InChI=1S/C54H58N12O9/c1-4-25-64-50(71)39-31-57-53(61-48(39)66(64)43-12-8-11-42(59-43)54(2,3)74)58-36-18-20-37(21-19-36)63-28-26-62(27-29-63)32-46(69)55-24-6-5-13-44(67)56-30-34-14-16-35(17-15-34)33-75-41-10-7-9-38-47(41)52(73)65(51(38)72)40-22-23-45(68)60-49(40)70/h4,7-12,14-21,31,40,74H,1,5-6,13,22-30,32-33H2,2-3H3,(H,55,69)(H,56,67)(H,57,58,61)(H,60,68,70). The fourth-order valence-corrected chi connectivity index (χ4v) is 9.24. The quantitative estimate of drug-likeness (QED) is 0.0414. The second-order valence-corrected chi connectivity index (χ2v) is 19.1. The van der Waals surface area contributed by atoms with Gasteiger partial charge in [0, 0.05) is 69.7 Å². The van der Waals surface area contributed by atoms with Crippen LogP contribution in [0, 0.1) is 0 Å². The van der Waals surface area contributed by atoms with Crippen LogP contribution in [0.25, 0.3) is 16.9 Å². The monoisotopic (exact) mass is 1020 g/mol. The number of carbonyl (C=O) groups is 6. The molecule has 0 saturated carbocycles. The number of carbonyl (C=O) groups excluding carboxylic acids is 6. The first kappa shape index (κ1) is 51.3. The SMILES string of the molecule is C=CCn1c(=O)c2cnc(Nc3ccc(N4CCN(CC(=O)NCCCCC(=O)NCc5ccc(COc6cccc7c6C(=O)N(C6CCC(=O)NC6=O)C7=O)cc5)CC4)cc3)nc2n1-c1cccc(C(C)(C)O)n1. The van der Waals surface area contributed by atoms with Gasteiger partial charge in [-0.2, -0.15) is 4.98 Å². The summed E-state index contributed by atoms with van der Waals surface area (Å²) in [5.41, 5.74) is 3.00. The molecule has 3 aliphatic rings. The maximum absolute atomic E-state index is 13.4. The highest BCUT2D eigenvalue weighted by atomic mass is 16.5. The topological polar surface area (TPSA) is 255 Å². The number of piperazine rings is 1. The van der Waals surface area contributed by atoms with Crippen molar-refractivity contribution < 1.29 is 38.6 Å². The summed E-state index contributed by atoms with van der Waals surface area (Å²) in [6.07, 6.45) is 4.79. The van der Waals surface area contributed by atoms with Crippen LogP contribution in [0.4, 0.5) is 17.3 Å². The van der Waals surface area contributed by atoms with Gasteiger partial charge in [0.15, 0.2) is 11.5 Å². The molecule has 21 nitrogen and oxygen atoms in total. The molecule has 0 aliphatic carbocycles. The molecule has 5 N–H and O–H groups in total. The number of amides is 6. The number of rotatable bonds is 20. The smallest absolute Gasteiger partial charge is 0.278 e. The maximum Gasteiger partial charge on any atom is 0.278 e. The molecule has 3 aliphatic heterocycles. The number of fused-ring (bicyclic) bond motifs is 2. The van der Waals surface area contributed by atoms with Crippen molar-refractivity contribution >= 4 is 63.8 Å². The number of nitrogens with one attached hydrogen (secondary N) is 4. The molecule has 6 heterocycles. The second kappa shape index (κ2) is 22.3. The molecule has 1 atom stereocenters. The molecular weight excluding hydrogens is 961 g/mol. The number of imide groups is 2. The van der Waals surface area contributed by atoms with E-state index in [1.807, 2.05) is 48.5 Å². The van der Waals surface area contributed by atoms with Gasteiger partial charge in [-0.3, -0.25) is 48.7 Å². The lowest BCUT2D eigenvalue weighted by Crippen LogP contribution is -2.54. The molecular formula is C54H58N12O9. The fourth-order valence-electron chi connectivity index (χ4n) is 9.24. The van der Waals surface area contributed by atoms with Crippen molar-refractivity contribution in [3.8, 4) is 11.6 Å². The molecule has 6 amide bonds. The molecule has 388 valence electrons. The Morgan fingerprint density at radius 3 is 2.35 bits per heavy atom. The van der Waals surface area contributed by atoms with E-state index >= 15 is 0 Å². The first-order valence-electron chi connectivity index (χ1n) is 24.9. The van der Waals surface area contributed by atoms with Gasteiger partial charge in [-0.1, -0.05) is 42.5 Å². The van der Waals surface area contributed by atoms with Gasteiger partial charge >= 0.3 is 0 Å². The number of piperidine rings is 1. The molecule has 3 aromatic heterocycles. The van der Waals surface area contributed by atoms with Gasteiger partial charge in [0.1, 0.15) is 29.4 Å². The van der Waals surface area contributed by atoms with Gasteiger partial charge in [-0.15, -0.1) is 6.58 Å². The van der Waals surface area contributed by atoms with Crippen LogP contribution in [-0.2, 0) is 44.5 Å². The number of aliphatic hydroxyl groups is 1. The van der Waals surface area contributed by atoms with E-state index in [2.05, 4.69) is 47.6 Å². The van der Waals surface area contributed by atoms with Gasteiger partial charge in [0.25, 0.3) is 17.4 Å². The van der Waals surface area contributed by atoms with E-state index in [-0.39, 0.29) is 66.8 Å². The van der Waals surface area contributed by atoms with E-state index in [1.54, 1.807) is 54.9 Å². The highest BCUT2D eigenvalue weighted by Gasteiger charge is 2.46. The molecule has 3 aromatic carbocycles. The molecule has 75 heavy (non-hydrogen) atoms. The normalized spacial score (nSPS) is 16.0. The molecule has 0 spiro atoms. The van der Waals surface area contributed by atoms with E-state index in [0.29, 0.717) is 73.9 Å². The Balaban J connectivity index is 0.663. The van der Waals surface area contributed by atoms with Crippen LogP contribution in [0.5, 0.6) is 5.75 Å². The van der Waals surface area contributed by atoms with E-state index in [4.69, 9.17) is 9.72 Å². The summed E-state index contributed by atoms with van der Waals surface area (Å²) in [6.45, 7) is 11.4. The minimum absolute atomic E-state index is 0.0294. The molecule has 2 saturated heterocycles. The number of ether oxygens (including phenoxy) is 1. The number of unbranched alkanes of at least 4 members (excludes halogenated alkanes) is 1. The lowest BCUT2D eigenvalue weighted by Gasteiger charge is -2.35. The number of pyridine rings is 1. The van der Waals surface area contributed by atoms with Crippen LogP contribution in [0.3, 0.4) is 0 Å². The van der Waals surface area contributed by atoms with Gasteiger partial charge < -0.3 is 30.7 Å². The Kier molecular flexibility index (Phi) is 15.3. The van der Waals surface area contributed by atoms with Crippen molar-refractivity contribution in [2.75, 3.05) is 49.5 Å². The second-order valence-electron chi connectivity index (χ2n) is 19.1. The summed E-state index contributed by atoms with van der Waals surface area (Å²) in [5.74, 6) is -1.60. The molecule has 21 heteroatoms. The summed E-state index contributed by atoms with van der Waals surface area (Å²) >= 11 is 0. The highest BCUT2D eigenvalue weighted by molar-refractivity contribution is 6.24. The van der Waals surface area contributed by atoms with Crippen molar-refractivity contribution in [1.29, 1.82) is 0 Å². The van der Waals surface area contributed by atoms with Gasteiger partial charge in [-0.05, 0) is 92.8 Å². The average Bonchev–Trinajstić information content (AvgIpc) is 3.83. The minimum Gasteiger partial charge on any atom is -0.488 e. The zero-order valence-electron chi connectivity index (χ0n) is 41.7. The van der Waals surface area contributed by atoms with E-state index in [1.165, 1.54) is 16.9 Å². The van der Waals surface area contributed by atoms with Crippen molar-refractivity contribution in [2.24, 2.45) is 0 Å². The fraction of sp³-hybridized carbons (Fsp3) is 0.333. The third kappa shape index (κ3) is 11.6. The molecule has 0 radical (unpaired) electrons. The summed E-state index contributed by atoms with van der Waals surface area (Å²) in [5, 5.41) is 22.3. The van der Waals surface area contributed by atoms with Crippen LogP contribution >= 0.6 is 0 Å². The average molecular weight is 1020 g/mol. The van der Waals surface area contributed by atoms with Gasteiger partial charge in [0.05, 0.1) is 29.9 Å². The number of benzene rings is 3. The number of hydrogen-bond acceptors (Lipinski definition) is 15. The Morgan fingerprint density at radius 2 is 1.61 bits per heavy atom. The number of hydrogen-bond donors (Lipinski definition) is 5. The lowest BCUT2D eigenvalue weighted by atomic mass is 10.0. The van der Waals surface area contributed by atoms with Gasteiger partial charge in [0.2, 0.25) is 29.6 Å². The van der Waals surface area contributed by atoms with Crippen molar-refractivity contribution in [2.45, 2.75) is 77.3 Å². The van der Waals surface area contributed by atoms with Crippen LogP contribution in [-0.4, -0.2) is 120 Å². The largest absolute Gasteiger partial charge is 0.488 e. The summed E-state index contributed by atoms with van der Waals surface area (Å²) in [6, 6.07) is 24.2. The maximum atomic E-state index is 13.4. The van der Waals surface area contributed by atoms with Crippen LogP contribution in [0.2, 0.25) is 0 Å². The Labute approximate surface area is 431 Å². The van der Waals surface area contributed by atoms with Crippen molar-refractivity contribution in [1.82, 2.24) is 50.1 Å². The first-order chi connectivity index (χ1) is 36.1. The minimum atomic E-state index is -1.20. The zero-order chi connectivity index (χ0) is 52.8. The predicted octanol–water partition coefficient (Wildman–Crippen LogP) is 3.84. The Bertz CT molecular complexity index is 3230. The van der Waals surface area contributed by atoms with Crippen molar-refractivity contribution in [3.05, 3.63) is 142 Å². The molecule has 6 aromatic rings. The highest BCUT2D eigenvalue weighted by Crippen LogP contribution is 2.34. The molecule has 0 bridgehead atoms. The zero-order valence-corrected chi connectivity index (χ0v) is 41.7. The van der Waals surface area contributed by atoms with E-state index < -0.39 is 35.3 Å². The van der Waals surface area contributed by atoms with Gasteiger partial charge in [-0.25, -0.2) is 19.3 Å². The van der Waals surface area contributed by atoms with Crippen molar-refractivity contribution in [3.63, 3.8) is 0 Å². The molecule has 1 unspecified atom stereocenters. The third-order valence-corrected chi connectivity index (χ3v) is 13.3. The summed E-state index contributed by atoms with van der Waals surface area (Å²) < 4.78 is 9.08. The first-order valence-corrected chi connectivity index (χ1v) is 24.9. The third-order valence-electron chi connectivity index (χ3n) is 13.3. The summed E-state index contributed by atoms with van der Waals surface area (Å²) in [4.78, 5) is 109. The Morgan fingerprint density at radius 1 is 0.867 bits per heavy atom. The van der Waals surface area contributed by atoms with E-state index in [9.17, 15) is 38.7 Å². The Hall–Kier alpha value is -8.56. The number of nitrogens with zero attached hydrogens (tertiary/aromatic N) is 8. The number of allylic oxidation sites excluding steroid dienone is 1. The van der Waals surface area contributed by atoms with Crippen LogP contribution in [0.1, 0.15) is 83.5 Å². The van der Waals surface area contributed by atoms with E-state index in [0.717, 1.165) is 40.5 Å². The lowest BCUT2D eigenvalue weighted by molar-refractivity contribution is -0.136. The van der Waals surface area contributed by atoms with Crippen LogP contribution in [0.15, 0.2) is 109 Å². The number of aromatic nitrogens is 5. The number of anilines is 3. The van der Waals surface area contributed by atoms with Crippen LogP contribution < -0.4 is 36.5 Å². The summed E-state index contributed by atoms with van der Waals surface area (Å²) in [7, 11) is 0.